The number of hydrogen-bond acceptors (Lipinski definition) is 3. The van der Waals surface area contributed by atoms with Gasteiger partial charge in [0.05, 0.1) is 25.0 Å². The van der Waals surface area contributed by atoms with E-state index in [1.54, 1.807) is 7.11 Å². The number of fused-ring (bicyclic) bond motifs is 2. The van der Waals surface area contributed by atoms with Crippen LogP contribution in [0, 0.1) is 17.8 Å². The maximum atomic E-state index is 5.58. The van der Waals surface area contributed by atoms with Gasteiger partial charge < -0.3 is 10.1 Å². The molecule has 112 valence electrons. The molecule has 1 aromatic rings. The van der Waals surface area contributed by atoms with Gasteiger partial charge in [0.2, 0.25) is 0 Å². The molecule has 0 radical (unpaired) electrons. The van der Waals surface area contributed by atoms with Crippen LogP contribution in [0.25, 0.3) is 0 Å². The SMILES string of the molecule is CNC(c1c(OC)cnn1C(C)C)C1CC2CCC1C2. The third kappa shape index (κ3) is 2.14. The van der Waals surface area contributed by atoms with Crippen LogP contribution in [0.15, 0.2) is 6.20 Å². The summed E-state index contributed by atoms with van der Waals surface area (Å²) in [6.07, 6.45) is 7.51. The van der Waals surface area contributed by atoms with Crippen LogP contribution in [0.5, 0.6) is 5.75 Å². The first kappa shape index (κ1) is 13.9. The largest absolute Gasteiger partial charge is 0.493 e. The minimum Gasteiger partial charge on any atom is -0.493 e. The average Bonchev–Trinajstić information content (AvgIpc) is 3.13. The van der Waals surface area contributed by atoms with Crippen LogP contribution in [-0.4, -0.2) is 23.9 Å². The quantitative estimate of drug-likeness (QED) is 0.898. The monoisotopic (exact) mass is 277 g/mol. The van der Waals surface area contributed by atoms with Gasteiger partial charge in [-0.15, -0.1) is 0 Å². The molecule has 3 rings (SSSR count). The van der Waals surface area contributed by atoms with Gasteiger partial charge in [0.1, 0.15) is 0 Å². The fourth-order valence-electron chi connectivity index (χ4n) is 4.48. The number of aromatic nitrogens is 2. The van der Waals surface area contributed by atoms with Crippen molar-refractivity contribution in [1.29, 1.82) is 0 Å². The predicted molar refractivity (Wildman–Crippen MR) is 79.9 cm³/mol. The van der Waals surface area contributed by atoms with Gasteiger partial charge >= 0.3 is 0 Å². The van der Waals surface area contributed by atoms with E-state index in [1.165, 1.54) is 31.4 Å². The zero-order valence-electron chi connectivity index (χ0n) is 13.1. The predicted octanol–water partition coefficient (Wildman–Crippen LogP) is 3.17. The molecule has 0 spiro atoms. The van der Waals surface area contributed by atoms with E-state index in [4.69, 9.17) is 4.74 Å². The van der Waals surface area contributed by atoms with E-state index < -0.39 is 0 Å². The second kappa shape index (κ2) is 5.40. The fourth-order valence-corrected chi connectivity index (χ4v) is 4.48. The van der Waals surface area contributed by atoms with Gasteiger partial charge in [-0.1, -0.05) is 6.42 Å². The summed E-state index contributed by atoms with van der Waals surface area (Å²) in [6, 6.07) is 0.730. The Hall–Kier alpha value is -1.03. The summed E-state index contributed by atoms with van der Waals surface area (Å²) in [7, 11) is 3.83. The molecule has 2 fully saturated rings. The lowest BCUT2D eigenvalue weighted by Crippen LogP contribution is -2.31. The zero-order chi connectivity index (χ0) is 14.3. The van der Waals surface area contributed by atoms with Crippen LogP contribution in [0.2, 0.25) is 0 Å². The van der Waals surface area contributed by atoms with Crippen LogP contribution < -0.4 is 10.1 Å². The molecule has 1 heterocycles. The molecule has 1 aromatic heterocycles. The molecule has 2 saturated carbocycles. The lowest BCUT2D eigenvalue weighted by molar-refractivity contribution is 0.242. The van der Waals surface area contributed by atoms with Crippen molar-refractivity contribution in [2.75, 3.05) is 14.2 Å². The molecule has 0 aromatic carbocycles. The zero-order valence-corrected chi connectivity index (χ0v) is 13.1. The molecule has 0 amide bonds. The number of methoxy groups -OCH3 is 1. The van der Waals surface area contributed by atoms with Gasteiger partial charge in [-0.05, 0) is 57.9 Å². The Morgan fingerprint density at radius 1 is 1.35 bits per heavy atom. The molecular weight excluding hydrogens is 250 g/mol. The topological polar surface area (TPSA) is 39.1 Å². The highest BCUT2D eigenvalue weighted by Crippen LogP contribution is 2.53. The molecular formula is C16H27N3O. The summed E-state index contributed by atoms with van der Waals surface area (Å²) in [5.41, 5.74) is 1.24. The molecule has 4 heteroatoms. The highest BCUT2D eigenvalue weighted by atomic mass is 16.5. The van der Waals surface area contributed by atoms with Gasteiger partial charge in [0.15, 0.2) is 5.75 Å². The number of rotatable bonds is 5. The Kier molecular flexibility index (Phi) is 3.76. The average molecular weight is 277 g/mol. The number of nitrogens with zero attached hydrogens (tertiary/aromatic N) is 2. The lowest BCUT2D eigenvalue weighted by atomic mass is 9.81. The molecule has 2 aliphatic carbocycles. The summed E-state index contributed by atoms with van der Waals surface area (Å²) in [5.74, 6) is 3.52. The van der Waals surface area contributed by atoms with Crippen molar-refractivity contribution >= 4 is 0 Å². The molecule has 2 aliphatic rings. The maximum Gasteiger partial charge on any atom is 0.161 e. The van der Waals surface area contributed by atoms with Gasteiger partial charge in [0.25, 0.3) is 0 Å². The van der Waals surface area contributed by atoms with Gasteiger partial charge in [0, 0.05) is 6.04 Å². The highest BCUT2D eigenvalue weighted by Gasteiger charge is 2.44. The van der Waals surface area contributed by atoms with Gasteiger partial charge in [-0.3, -0.25) is 4.68 Å². The van der Waals surface area contributed by atoms with Crippen molar-refractivity contribution < 1.29 is 4.74 Å². The summed E-state index contributed by atoms with van der Waals surface area (Å²) in [4.78, 5) is 0. The van der Waals surface area contributed by atoms with Crippen molar-refractivity contribution in [2.24, 2.45) is 17.8 Å². The molecule has 4 nitrogen and oxygen atoms in total. The standard InChI is InChI=1S/C16H27N3O/c1-10(2)19-16(14(20-4)9-18-19)15(17-3)13-8-11-5-6-12(13)7-11/h9-13,15,17H,5-8H2,1-4H3. The summed E-state index contributed by atoms with van der Waals surface area (Å²) < 4.78 is 7.71. The molecule has 0 saturated heterocycles. The Morgan fingerprint density at radius 2 is 2.15 bits per heavy atom. The normalized spacial score (nSPS) is 30.1. The Balaban J connectivity index is 1.94. The van der Waals surface area contributed by atoms with Crippen LogP contribution in [0.4, 0.5) is 0 Å². The number of hydrogen-bond donors (Lipinski definition) is 1. The van der Waals surface area contributed by atoms with Crippen LogP contribution >= 0.6 is 0 Å². The lowest BCUT2D eigenvalue weighted by Gasteiger charge is -2.31. The Morgan fingerprint density at radius 3 is 2.65 bits per heavy atom. The minimum absolute atomic E-state index is 0.364. The van der Waals surface area contributed by atoms with Crippen molar-refractivity contribution in [3.8, 4) is 5.75 Å². The van der Waals surface area contributed by atoms with E-state index in [9.17, 15) is 0 Å². The minimum atomic E-state index is 0.364. The van der Waals surface area contributed by atoms with Crippen LogP contribution in [0.1, 0.15) is 57.3 Å². The maximum absolute atomic E-state index is 5.58. The molecule has 4 atom stereocenters. The van der Waals surface area contributed by atoms with Gasteiger partial charge in [-0.25, -0.2) is 0 Å². The molecule has 0 aliphatic heterocycles. The third-order valence-corrected chi connectivity index (χ3v) is 5.33. The summed E-state index contributed by atoms with van der Waals surface area (Å²) in [5, 5.41) is 8.10. The molecule has 1 N–H and O–H groups in total. The summed E-state index contributed by atoms with van der Waals surface area (Å²) >= 11 is 0. The van der Waals surface area contributed by atoms with E-state index in [0.717, 1.165) is 23.5 Å². The van der Waals surface area contributed by atoms with Crippen molar-refractivity contribution in [2.45, 2.75) is 51.6 Å². The first-order chi connectivity index (χ1) is 9.65. The molecule has 2 bridgehead atoms. The van der Waals surface area contributed by atoms with E-state index in [-0.39, 0.29) is 0 Å². The third-order valence-electron chi connectivity index (χ3n) is 5.33. The first-order valence-electron chi connectivity index (χ1n) is 7.94. The Labute approximate surface area is 121 Å². The van der Waals surface area contributed by atoms with Crippen LogP contribution in [0.3, 0.4) is 0 Å². The summed E-state index contributed by atoms with van der Waals surface area (Å²) in [6.45, 7) is 4.37. The van der Waals surface area contributed by atoms with E-state index in [2.05, 4.69) is 36.0 Å². The first-order valence-corrected chi connectivity index (χ1v) is 7.94. The van der Waals surface area contributed by atoms with Crippen LogP contribution in [-0.2, 0) is 0 Å². The fraction of sp³-hybridized carbons (Fsp3) is 0.812. The highest BCUT2D eigenvalue weighted by molar-refractivity contribution is 5.30. The molecule has 20 heavy (non-hydrogen) atoms. The van der Waals surface area contributed by atoms with Crippen molar-refractivity contribution in [1.82, 2.24) is 15.1 Å². The van der Waals surface area contributed by atoms with Crippen molar-refractivity contribution in [3.05, 3.63) is 11.9 Å². The molecule has 4 unspecified atom stereocenters. The van der Waals surface area contributed by atoms with E-state index in [0.29, 0.717) is 12.1 Å². The van der Waals surface area contributed by atoms with E-state index in [1.807, 2.05) is 6.20 Å². The number of nitrogens with one attached hydrogen (secondary N) is 1. The second-order valence-corrected chi connectivity index (χ2v) is 6.74. The smallest absolute Gasteiger partial charge is 0.161 e. The number of ether oxygens (including phenoxy) is 1. The van der Waals surface area contributed by atoms with E-state index >= 15 is 0 Å². The Bertz CT molecular complexity index is 468. The second-order valence-electron chi connectivity index (χ2n) is 6.74. The van der Waals surface area contributed by atoms with Gasteiger partial charge in [-0.2, -0.15) is 5.10 Å². The van der Waals surface area contributed by atoms with Crippen molar-refractivity contribution in [3.63, 3.8) is 0 Å².